The van der Waals surface area contributed by atoms with Crippen molar-refractivity contribution in [3.05, 3.63) is 36.0 Å². The molecule has 0 saturated carbocycles. The van der Waals surface area contributed by atoms with Crippen molar-refractivity contribution in [3.63, 3.8) is 0 Å². The Morgan fingerprint density at radius 1 is 0.893 bits per heavy atom. The maximum atomic E-state index is 2.86. The summed E-state index contributed by atoms with van der Waals surface area (Å²) in [6.07, 6.45) is 29.9. The summed E-state index contributed by atoms with van der Waals surface area (Å²) in [6, 6.07) is 0.672. The molecule has 1 unspecified atom stereocenters. The molecule has 1 saturated heterocycles. The van der Waals surface area contributed by atoms with E-state index in [0.29, 0.717) is 17.4 Å². The minimum absolute atomic E-state index is 0.480. The fourth-order valence-electron chi connectivity index (χ4n) is 7.15. The molecule has 0 aromatic heterocycles. The van der Waals surface area contributed by atoms with Crippen molar-refractivity contribution >= 4 is 6.21 Å². The molecule has 5 atom stereocenters. The molecule has 1 fully saturated rings. The quantitative estimate of drug-likeness (QED) is 0.406. The van der Waals surface area contributed by atoms with Crippen molar-refractivity contribution in [2.45, 2.75) is 76.7 Å². The Morgan fingerprint density at radius 2 is 1.71 bits per heavy atom. The van der Waals surface area contributed by atoms with Gasteiger partial charge in [-0.25, -0.2) is 4.58 Å². The first-order valence-electron chi connectivity index (χ1n) is 12.2. The van der Waals surface area contributed by atoms with Gasteiger partial charge in [0, 0.05) is 13.0 Å². The van der Waals surface area contributed by atoms with Crippen LogP contribution in [-0.2, 0) is 0 Å². The molecule has 5 heterocycles. The van der Waals surface area contributed by atoms with E-state index in [2.05, 4.69) is 46.1 Å². The maximum Gasteiger partial charge on any atom is 0.180 e. The van der Waals surface area contributed by atoms with Crippen LogP contribution in [0, 0.1) is 17.3 Å². The third-order valence-corrected chi connectivity index (χ3v) is 8.32. The lowest BCUT2D eigenvalue weighted by Crippen LogP contribution is -2.65. The molecular weight excluding hydrogens is 340 g/mol. The van der Waals surface area contributed by atoms with Gasteiger partial charge in [-0.05, 0) is 88.8 Å². The van der Waals surface area contributed by atoms with Gasteiger partial charge in [0.1, 0.15) is 12.8 Å². The van der Waals surface area contributed by atoms with E-state index >= 15 is 0 Å². The van der Waals surface area contributed by atoms with E-state index in [9.17, 15) is 0 Å². The van der Waals surface area contributed by atoms with Gasteiger partial charge < -0.3 is 4.90 Å². The normalized spacial score (nSPS) is 43.4. The first-order chi connectivity index (χ1) is 13.9. The lowest BCUT2D eigenvalue weighted by Gasteiger charge is -2.57. The van der Waals surface area contributed by atoms with Crippen LogP contribution in [0.2, 0.25) is 0 Å². The fraction of sp³-hybridized carbons (Fsp3) is 0.731. The molecule has 1 aliphatic carbocycles. The zero-order chi connectivity index (χ0) is 18.8. The summed E-state index contributed by atoms with van der Waals surface area (Å²) in [7, 11) is 0. The minimum Gasteiger partial charge on any atom is -0.302 e. The number of piperidine rings is 1. The lowest BCUT2D eigenvalue weighted by molar-refractivity contribution is -0.586. The Labute approximate surface area is 172 Å². The van der Waals surface area contributed by atoms with Gasteiger partial charge in [-0.15, -0.1) is 0 Å². The van der Waals surface area contributed by atoms with E-state index in [0.717, 1.165) is 5.92 Å². The van der Waals surface area contributed by atoms with Crippen LogP contribution in [0.15, 0.2) is 36.0 Å². The molecule has 2 heteroatoms. The number of hydrogen-bond donors (Lipinski definition) is 0. The highest BCUT2D eigenvalue weighted by atomic mass is 15.2. The van der Waals surface area contributed by atoms with E-state index in [1.54, 1.807) is 5.57 Å². The van der Waals surface area contributed by atoms with Crippen LogP contribution in [-0.4, -0.2) is 47.9 Å². The SMILES string of the molecule is C1=C2CC/C=C\CCCCN3CC[C@@H]4[C@H]1C=[N+]1CCCC/C=C\CC[C@]4(C3)[C@@H]21. The van der Waals surface area contributed by atoms with Crippen molar-refractivity contribution in [2.24, 2.45) is 17.3 Å². The molecule has 0 N–H and O–H groups in total. The first-order valence-corrected chi connectivity index (χ1v) is 12.2. The standard InChI is InChI=1S/C26H39N2/c1-3-7-11-16-27-18-14-24-23-19-22(13-9-5-1)25-26(24,21-27)15-10-6-2-4-8-12-17-28(25)20-23/h1-2,5-6,19-20,23-25H,3-4,7-18,21H2/q+1/b5-1-,6-2-/t23-,24-,25-,26-/m1/s1. The molecule has 5 aliphatic heterocycles. The molecule has 0 radical (unpaired) electrons. The molecule has 0 amide bonds. The van der Waals surface area contributed by atoms with Crippen molar-refractivity contribution in [3.8, 4) is 0 Å². The van der Waals surface area contributed by atoms with Crippen LogP contribution in [0.1, 0.15) is 70.6 Å². The van der Waals surface area contributed by atoms with Gasteiger partial charge in [-0.2, -0.15) is 0 Å². The van der Waals surface area contributed by atoms with E-state index < -0.39 is 0 Å². The van der Waals surface area contributed by atoms with Gasteiger partial charge in [0.25, 0.3) is 0 Å². The Morgan fingerprint density at radius 3 is 2.64 bits per heavy atom. The molecule has 0 aromatic carbocycles. The van der Waals surface area contributed by atoms with Crippen LogP contribution < -0.4 is 0 Å². The van der Waals surface area contributed by atoms with Crippen LogP contribution in [0.3, 0.4) is 0 Å². The first kappa shape index (κ1) is 18.9. The third kappa shape index (κ3) is 3.47. The molecule has 152 valence electrons. The highest BCUT2D eigenvalue weighted by Crippen LogP contribution is 2.55. The topological polar surface area (TPSA) is 6.25 Å². The number of hydrogen-bond acceptors (Lipinski definition) is 1. The van der Waals surface area contributed by atoms with E-state index in [1.165, 1.54) is 96.8 Å². The molecular formula is C26H39N2+. The maximum absolute atomic E-state index is 2.86. The van der Waals surface area contributed by atoms with E-state index in [1.807, 2.05) is 0 Å². The highest BCUT2D eigenvalue weighted by Gasteiger charge is 2.61. The van der Waals surface area contributed by atoms with Crippen molar-refractivity contribution < 1.29 is 4.58 Å². The average molecular weight is 380 g/mol. The van der Waals surface area contributed by atoms with Crippen LogP contribution >= 0.6 is 0 Å². The van der Waals surface area contributed by atoms with Gasteiger partial charge in [-0.3, -0.25) is 0 Å². The number of rotatable bonds is 0. The summed E-state index contributed by atoms with van der Waals surface area (Å²) in [5.74, 6) is 1.57. The minimum atomic E-state index is 0.480. The van der Waals surface area contributed by atoms with Gasteiger partial charge in [0.15, 0.2) is 6.04 Å². The molecule has 2 nitrogen and oxygen atoms in total. The number of nitrogens with zero attached hydrogens (tertiary/aromatic N) is 2. The van der Waals surface area contributed by atoms with Gasteiger partial charge in [-0.1, -0.05) is 30.4 Å². The van der Waals surface area contributed by atoms with E-state index in [-0.39, 0.29) is 0 Å². The number of fused-ring (bicyclic) bond motifs is 1. The highest BCUT2D eigenvalue weighted by molar-refractivity contribution is 5.63. The zero-order valence-electron chi connectivity index (χ0n) is 17.7. The van der Waals surface area contributed by atoms with E-state index in [4.69, 9.17) is 0 Å². The predicted molar refractivity (Wildman–Crippen MR) is 118 cm³/mol. The van der Waals surface area contributed by atoms with Crippen LogP contribution in [0.4, 0.5) is 0 Å². The average Bonchev–Trinajstić information content (AvgIpc) is 2.73. The fourth-order valence-corrected chi connectivity index (χ4v) is 7.15. The summed E-state index contributed by atoms with van der Waals surface area (Å²) >= 11 is 0. The smallest absolute Gasteiger partial charge is 0.180 e. The second kappa shape index (κ2) is 8.30. The van der Waals surface area contributed by atoms with Crippen LogP contribution in [0.25, 0.3) is 0 Å². The molecule has 28 heavy (non-hydrogen) atoms. The monoisotopic (exact) mass is 379 g/mol. The van der Waals surface area contributed by atoms with Crippen molar-refractivity contribution in [1.29, 1.82) is 0 Å². The summed E-state index contributed by atoms with van der Waals surface area (Å²) in [5, 5.41) is 0. The Bertz CT molecular complexity index is 685. The number of allylic oxidation sites excluding steroid dienone is 5. The Hall–Kier alpha value is -1.15. The third-order valence-electron chi connectivity index (χ3n) is 8.32. The summed E-state index contributed by atoms with van der Waals surface area (Å²) in [4.78, 5) is 2.86. The van der Waals surface area contributed by atoms with Gasteiger partial charge in [0.05, 0.1) is 11.3 Å². The molecule has 6 rings (SSSR count). The second-order valence-corrected chi connectivity index (χ2v) is 10.0. The lowest BCUT2D eigenvalue weighted by atomic mass is 9.53. The Kier molecular flexibility index (Phi) is 5.59. The molecule has 1 spiro atoms. The molecule has 0 aromatic rings. The zero-order valence-corrected chi connectivity index (χ0v) is 17.7. The van der Waals surface area contributed by atoms with Crippen LogP contribution in [0.5, 0.6) is 0 Å². The summed E-state index contributed by atoms with van der Waals surface area (Å²) in [6.45, 7) is 5.27. The molecule has 6 aliphatic rings. The largest absolute Gasteiger partial charge is 0.302 e. The summed E-state index contributed by atoms with van der Waals surface area (Å²) in [5.41, 5.74) is 2.27. The van der Waals surface area contributed by atoms with Crippen molar-refractivity contribution in [2.75, 3.05) is 26.2 Å². The van der Waals surface area contributed by atoms with Gasteiger partial charge >= 0.3 is 0 Å². The predicted octanol–water partition coefficient (Wildman–Crippen LogP) is 5.36. The van der Waals surface area contributed by atoms with Gasteiger partial charge in [0.2, 0.25) is 0 Å². The summed E-state index contributed by atoms with van der Waals surface area (Å²) < 4.78 is 2.84. The second-order valence-electron chi connectivity index (χ2n) is 10.0. The Balaban J connectivity index is 1.55. The molecule has 6 bridgehead atoms. The van der Waals surface area contributed by atoms with Crippen molar-refractivity contribution in [1.82, 2.24) is 4.90 Å².